The first-order chi connectivity index (χ1) is 15.3. The standard InChI is InChI=1S/C24H27ClN4O3/c1-15-13-21(28(14-15)24(32)27-19-6-4-17(25)5-7-19)23(31)26-18-8-10-20(11-9-18)29-16(2)3-12-22(29)30/h4-11,15-16,21H,3,12-14H2,1-2H3,(H,26,31)(H,27,32)/t15-,16?,21-/m1/s1. The smallest absolute Gasteiger partial charge is 0.322 e. The van der Waals surface area contributed by atoms with Crippen LogP contribution in [0.2, 0.25) is 5.02 Å². The van der Waals surface area contributed by atoms with Crippen LogP contribution in [0.5, 0.6) is 0 Å². The van der Waals surface area contributed by atoms with E-state index >= 15 is 0 Å². The molecule has 0 saturated carbocycles. The first-order valence-electron chi connectivity index (χ1n) is 10.9. The van der Waals surface area contributed by atoms with E-state index in [0.29, 0.717) is 35.8 Å². The van der Waals surface area contributed by atoms with Gasteiger partial charge in [0.15, 0.2) is 0 Å². The molecule has 2 fully saturated rings. The number of halogens is 1. The molecular formula is C24H27ClN4O3. The van der Waals surface area contributed by atoms with E-state index in [1.165, 1.54) is 0 Å². The van der Waals surface area contributed by atoms with Crippen LogP contribution in [0.25, 0.3) is 0 Å². The van der Waals surface area contributed by atoms with E-state index in [1.54, 1.807) is 46.2 Å². The van der Waals surface area contributed by atoms with Gasteiger partial charge >= 0.3 is 6.03 Å². The first kappa shape index (κ1) is 22.1. The maximum atomic E-state index is 13.0. The average Bonchev–Trinajstić information content (AvgIpc) is 3.32. The zero-order valence-corrected chi connectivity index (χ0v) is 18.9. The number of likely N-dealkylation sites (tertiary alicyclic amines) is 1. The van der Waals surface area contributed by atoms with Crippen LogP contribution >= 0.6 is 11.6 Å². The highest BCUT2D eigenvalue weighted by atomic mass is 35.5. The summed E-state index contributed by atoms with van der Waals surface area (Å²) in [5, 5.41) is 6.35. The second-order valence-corrected chi connectivity index (χ2v) is 9.07. The van der Waals surface area contributed by atoms with E-state index in [9.17, 15) is 14.4 Å². The van der Waals surface area contributed by atoms with E-state index in [1.807, 2.05) is 26.0 Å². The molecule has 0 aromatic heterocycles. The van der Waals surface area contributed by atoms with Gasteiger partial charge in [-0.25, -0.2) is 4.79 Å². The van der Waals surface area contributed by atoms with E-state index in [0.717, 1.165) is 12.1 Å². The fraction of sp³-hybridized carbons (Fsp3) is 0.375. The first-order valence-corrected chi connectivity index (χ1v) is 11.3. The molecule has 0 spiro atoms. The quantitative estimate of drug-likeness (QED) is 0.700. The van der Waals surface area contributed by atoms with Crippen molar-refractivity contribution in [3.05, 3.63) is 53.6 Å². The van der Waals surface area contributed by atoms with Crippen LogP contribution in [0.3, 0.4) is 0 Å². The van der Waals surface area contributed by atoms with Crippen molar-refractivity contribution < 1.29 is 14.4 Å². The second-order valence-electron chi connectivity index (χ2n) is 8.63. The Kier molecular flexibility index (Phi) is 6.37. The van der Waals surface area contributed by atoms with Crippen LogP contribution < -0.4 is 15.5 Å². The minimum Gasteiger partial charge on any atom is -0.324 e. The topological polar surface area (TPSA) is 81.8 Å². The van der Waals surface area contributed by atoms with Crippen molar-refractivity contribution in [1.82, 2.24) is 4.90 Å². The van der Waals surface area contributed by atoms with E-state index in [2.05, 4.69) is 10.6 Å². The molecule has 2 saturated heterocycles. The summed E-state index contributed by atoms with van der Waals surface area (Å²) < 4.78 is 0. The van der Waals surface area contributed by atoms with Crippen LogP contribution in [0.4, 0.5) is 21.9 Å². The zero-order valence-electron chi connectivity index (χ0n) is 18.2. The Bertz CT molecular complexity index is 1010. The normalized spacial score (nSPS) is 22.8. The van der Waals surface area contributed by atoms with Crippen molar-refractivity contribution in [3.63, 3.8) is 0 Å². The van der Waals surface area contributed by atoms with Crippen molar-refractivity contribution in [2.24, 2.45) is 5.92 Å². The molecule has 0 aliphatic carbocycles. The molecule has 2 aromatic carbocycles. The molecule has 3 atom stereocenters. The lowest BCUT2D eigenvalue weighted by Crippen LogP contribution is -2.45. The molecule has 2 heterocycles. The predicted molar refractivity (Wildman–Crippen MR) is 126 cm³/mol. The molecule has 2 N–H and O–H groups in total. The fourth-order valence-electron chi connectivity index (χ4n) is 4.40. The van der Waals surface area contributed by atoms with E-state index in [4.69, 9.17) is 11.6 Å². The summed E-state index contributed by atoms with van der Waals surface area (Å²) in [7, 11) is 0. The van der Waals surface area contributed by atoms with Crippen molar-refractivity contribution >= 4 is 46.5 Å². The van der Waals surface area contributed by atoms with Gasteiger partial charge in [-0.1, -0.05) is 18.5 Å². The third-order valence-electron chi connectivity index (χ3n) is 6.07. The Hall–Kier alpha value is -3.06. The predicted octanol–water partition coefficient (Wildman–Crippen LogP) is 4.74. The van der Waals surface area contributed by atoms with Gasteiger partial charge in [-0.15, -0.1) is 0 Å². The number of urea groups is 1. The third kappa shape index (κ3) is 4.72. The van der Waals surface area contributed by atoms with Crippen LogP contribution in [0.1, 0.15) is 33.1 Å². The number of hydrogen-bond donors (Lipinski definition) is 2. The number of rotatable bonds is 4. The monoisotopic (exact) mass is 454 g/mol. The highest BCUT2D eigenvalue weighted by Gasteiger charge is 2.38. The van der Waals surface area contributed by atoms with Crippen LogP contribution in [0, 0.1) is 5.92 Å². The summed E-state index contributed by atoms with van der Waals surface area (Å²) in [5.41, 5.74) is 2.09. The number of anilines is 3. The van der Waals surface area contributed by atoms with Crippen molar-refractivity contribution in [3.8, 4) is 0 Å². The Morgan fingerprint density at radius 3 is 2.22 bits per heavy atom. The molecule has 2 aliphatic rings. The number of carbonyl (C=O) groups excluding carboxylic acids is 3. The number of nitrogens with one attached hydrogen (secondary N) is 2. The van der Waals surface area contributed by atoms with Crippen LogP contribution in [-0.4, -0.2) is 41.4 Å². The highest BCUT2D eigenvalue weighted by Crippen LogP contribution is 2.29. The van der Waals surface area contributed by atoms with E-state index < -0.39 is 6.04 Å². The van der Waals surface area contributed by atoms with Crippen molar-refractivity contribution in [2.75, 3.05) is 22.1 Å². The number of carbonyl (C=O) groups is 3. The molecule has 2 aliphatic heterocycles. The molecule has 32 heavy (non-hydrogen) atoms. The number of amides is 4. The van der Waals surface area contributed by atoms with Gasteiger partial charge in [0.1, 0.15) is 6.04 Å². The molecule has 4 amide bonds. The Balaban J connectivity index is 1.41. The van der Waals surface area contributed by atoms with Gasteiger partial charge in [-0.05, 0) is 74.2 Å². The summed E-state index contributed by atoms with van der Waals surface area (Å²) in [4.78, 5) is 41.3. The lowest BCUT2D eigenvalue weighted by Gasteiger charge is -2.25. The number of nitrogens with zero attached hydrogens (tertiary/aromatic N) is 2. The highest BCUT2D eigenvalue weighted by molar-refractivity contribution is 6.30. The molecule has 4 rings (SSSR count). The Morgan fingerprint density at radius 2 is 1.59 bits per heavy atom. The van der Waals surface area contributed by atoms with Gasteiger partial charge < -0.3 is 20.4 Å². The molecule has 168 valence electrons. The molecule has 8 heteroatoms. The van der Waals surface area contributed by atoms with Gasteiger partial charge in [0.05, 0.1) is 0 Å². The van der Waals surface area contributed by atoms with Gasteiger partial charge in [0, 0.05) is 41.1 Å². The van der Waals surface area contributed by atoms with Gasteiger partial charge in [-0.2, -0.15) is 0 Å². The summed E-state index contributed by atoms with van der Waals surface area (Å²) >= 11 is 5.90. The van der Waals surface area contributed by atoms with Crippen LogP contribution in [-0.2, 0) is 9.59 Å². The molecule has 0 bridgehead atoms. The molecule has 7 nitrogen and oxygen atoms in total. The molecular weight excluding hydrogens is 428 g/mol. The van der Waals surface area contributed by atoms with E-state index in [-0.39, 0.29) is 29.8 Å². The maximum Gasteiger partial charge on any atom is 0.322 e. The van der Waals surface area contributed by atoms with Gasteiger partial charge in [0.25, 0.3) is 0 Å². The fourth-order valence-corrected chi connectivity index (χ4v) is 4.53. The summed E-state index contributed by atoms with van der Waals surface area (Å²) in [6.07, 6.45) is 2.01. The Morgan fingerprint density at radius 1 is 0.969 bits per heavy atom. The minimum absolute atomic E-state index is 0.122. The molecule has 2 aromatic rings. The number of hydrogen-bond acceptors (Lipinski definition) is 3. The second kappa shape index (κ2) is 9.20. The van der Waals surface area contributed by atoms with Crippen molar-refractivity contribution in [1.29, 1.82) is 0 Å². The molecule has 0 radical (unpaired) electrons. The average molecular weight is 455 g/mol. The van der Waals surface area contributed by atoms with Crippen molar-refractivity contribution in [2.45, 2.75) is 45.2 Å². The van der Waals surface area contributed by atoms with Crippen LogP contribution in [0.15, 0.2) is 48.5 Å². The van der Waals surface area contributed by atoms with Gasteiger partial charge in [-0.3, -0.25) is 9.59 Å². The number of benzene rings is 2. The lowest BCUT2D eigenvalue weighted by atomic mass is 10.1. The zero-order chi connectivity index (χ0) is 22.8. The maximum absolute atomic E-state index is 13.0. The molecule has 1 unspecified atom stereocenters. The summed E-state index contributed by atoms with van der Waals surface area (Å²) in [6.45, 7) is 4.57. The third-order valence-corrected chi connectivity index (χ3v) is 6.32. The van der Waals surface area contributed by atoms with Gasteiger partial charge in [0.2, 0.25) is 11.8 Å². The summed E-state index contributed by atoms with van der Waals surface area (Å²) in [5.74, 6) is 0.113. The largest absolute Gasteiger partial charge is 0.324 e. The Labute approximate surface area is 192 Å². The minimum atomic E-state index is -0.558. The SMILES string of the molecule is CC1CCC(=O)N1c1ccc(NC(=O)[C@H]2C[C@@H](C)CN2C(=O)Nc2ccc(Cl)cc2)cc1. The lowest BCUT2D eigenvalue weighted by molar-refractivity contribution is -0.119. The summed E-state index contributed by atoms with van der Waals surface area (Å²) in [6, 6.07) is 13.4.